The first kappa shape index (κ1) is 13.1. The third-order valence-electron chi connectivity index (χ3n) is 2.66. The van der Waals surface area contributed by atoms with E-state index < -0.39 is 0 Å². The van der Waals surface area contributed by atoms with Crippen molar-refractivity contribution >= 4 is 11.6 Å². The summed E-state index contributed by atoms with van der Waals surface area (Å²) in [5.74, 6) is 1.23. The molecule has 1 rings (SSSR count). The Morgan fingerprint density at radius 3 is 2.31 bits per heavy atom. The molecule has 1 aromatic carbocycles. The maximum atomic E-state index is 9.19. The van der Waals surface area contributed by atoms with Gasteiger partial charge in [0.25, 0.3) is 0 Å². The molecule has 3 nitrogen and oxygen atoms in total. The lowest BCUT2D eigenvalue weighted by molar-refractivity contribution is 0.268. The highest BCUT2D eigenvalue weighted by Gasteiger charge is 2.19. The molecule has 0 aliphatic carbocycles. The zero-order valence-electron chi connectivity index (χ0n) is 10.0. The van der Waals surface area contributed by atoms with E-state index >= 15 is 0 Å². The number of benzene rings is 1. The molecule has 1 N–H and O–H groups in total. The van der Waals surface area contributed by atoms with Crippen LogP contribution in [0.2, 0.25) is 5.02 Å². The Bertz CT molecular complexity index is 377. The molecule has 1 aromatic rings. The molecule has 0 heterocycles. The Balaban J connectivity index is 3.43. The van der Waals surface area contributed by atoms with Crippen molar-refractivity contribution < 1.29 is 14.6 Å². The van der Waals surface area contributed by atoms with Crippen LogP contribution in [0.4, 0.5) is 0 Å². The van der Waals surface area contributed by atoms with E-state index in [1.807, 2.05) is 19.9 Å². The first-order valence-electron chi connectivity index (χ1n) is 5.08. The smallest absolute Gasteiger partial charge is 0.165 e. The predicted octanol–water partition coefficient (Wildman–Crippen LogP) is 2.76. The van der Waals surface area contributed by atoms with Gasteiger partial charge in [0, 0.05) is 28.7 Å². The van der Waals surface area contributed by atoms with Crippen molar-refractivity contribution in [2.75, 3.05) is 20.8 Å². The Labute approximate surface area is 101 Å². The van der Waals surface area contributed by atoms with Gasteiger partial charge in [0.1, 0.15) is 0 Å². The Morgan fingerprint density at radius 2 is 1.88 bits per heavy atom. The van der Waals surface area contributed by atoms with E-state index in [1.165, 1.54) is 0 Å². The summed E-state index contributed by atoms with van der Waals surface area (Å²) in [6.07, 6.45) is 0. The van der Waals surface area contributed by atoms with Crippen molar-refractivity contribution in [3.8, 4) is 11.5 Å². The summed E-state index contributed by atoms with van der Waals surface area (Å²) in [5, 5.41) is 9.81. The monoisotopic (exact) mass is 244 g/mol. The molecule has 4 heteroatoms. The van der Waals surface area contributed by atoms with Crippen LogP contribution in [0.3, 0.4) is 0 Å². The van der Waals surface area contributed by atoms with Crippen molar-refractivity contribution in [2.45, 2.75) is 19.8 Å². The molecule has 90 valence electrons. The number of rotatable bonds is 4. The molecule has 0 bridgehead atoms. The first-order chi connectivity index (χ1) is 7.56. The molecule has 0 aliphatic rings. The third kappa shape index (κ3) is 2.25. The highest BCUT2D eigenvalue weighted by atomic mass is 35.5. The Kier molecular flexibility index (Phi) is 4.44. The Hall–Kier alpha value is -0.930. The molecular weight excluding hydrogens is 228 g/mol. The van der Waals surface area contributed by atoms with E-state index in [4.69, 9.17) is 21.1 Å². The molecule has 0 fully saturated rings. The standard InChI is InChI=1S/C12H17ClO3/c1-7(6-14)9-5-10(13)8(2)11(15-3)12(9)16-4/h5,7,14H,6H2,1-4H3. The maximum absolute atomic E-state index is 9.19. The molecule has 0 radical (unpaired) electrons. The van der Waals surface area contributed by atoms with Crippen LogP contribution in [0.25, 0.3) is 0 Å². The summed E-state index contributed by atoms with van der Waals surface area (Å²) in [6.45, 7) is 3.82. The van der Waals surface area contributed by atoms with Gasteiger partial charge in [-0.3, -0.25) is 0 Å². The van der Waals surface area contributed by atoms with Gasteiger partial charge in [-0.15, -0.1) is 0 Å². The van der Waals surface area contributed by atoms with Gasteiger partial charge in [-0.2, -0.15) is 0 Å². The van der Waals surface area contributed by atoms with E-state index in [-0.39, 0.29) is 12.5 Å². The van der Waals surface area contributed by atoms with Gasteiger partial charge in [0.15, 0.2) is 11.5 Å². The van der Waals surface area contributed by atoms with E-state index in [0.29, 0.717) is 16.5 Å². The fraction of sp³-hybridized carbons (Fsp3) is 0.500. The molecule has 0 spiro atoms. The van der Waals surface area contributed by atoms with Gasteiger partial charge < -0.3 is 14.6 Å². The van der Waals surface area contributed by atoms with Crippen LogP contribution in [0.15, 0.2) is 6.07 Å². The number of methoxy groups -OCH3 is 2. The molecular formula is C12H17ClO3. The van der Waals surface area contributed by atoms with Crippen molar-refractivity contribution in [1.82, 2.24) is 0 Å². The average molecular weight is 245 g/mol. The van der Waals surface area contributed by atoms with Gasteiger partial charge >= 0.3 is 0 Å². The molecule has 0 saturated carbocycles. The molecule has 0 saturated heterocycles. The normalized spacial score (nSPS) is 12.4. The lowest BCUT2D eigenvalue weighted by Crippen LogP contribution is -2.05. The number of aliphatic hydroxyl groups is 1. The molecule has 0 aromatic heterocycles. The van der Waals surface area contributed by atoms with Crippen LogP contribution in [0, 0.1) is 6.92 Å². The lowest BCUT2D eigenvalue weighted by atomic mass is 9.98. The summed E-state index contributed by atoms with van der Waals surface area (Å²) < 4.78 is 10.6. The predicted molar refractivity (Wildman–Crippen MR) is 64.8 cm³/mol. The van der Waals surface area contributed by atoms with Gasteiger partial charge in [-0.25, -0.2) is 0 Å². The minimum Gasteiger partial charge on any atom is -0.493 e. The molecule has 1 unspecified atom stereocenters. The zero-order chi connectivity index (χ0) is 12.3. The number of halogens is 1. The summed E-state index contributed by atoms with van der Waals surface area (Å²) in [4.78, 5) is 0. The van der Waals surface area contributed by atoms with Crippen molar-refractivity contribution in [2.24, 2.45) is 0 Å². The van der Waals surface area contributed by atoms with Crippen LogP contribution in [-0.2, 0) is 0 Å². The summed E-state index contributed by atoms with van der Waals surface area (Å²) in [6, 6.07) is 1.82. The highest BCUT2D eigenvalue weighted by molar-refractivity contribution is 6.31. The number of aliphatic hydroxyl groups excluding tert-OH is 1. The minimum absolute atomic E-state index is 0.0399. The van der Waals surface area contributed by atoms with E-state index in [9.17, 15) is 5.11 Å². The first-order valence-corrected chi connectivity index (χ1v) is 5.46. The van der Waals surface area contributed by atoms with Gasteiger partial charge in [-0.1, -0.05) is 18.5 Å². The second-order valence-electron chi connectivity index (χ2n) is 3.72. The fourth-order valence-electron chi connectivity index (χ4n) is 1.64. The van der Waals surface area contributed by atoms with Crippen LogP contribution in [-0.4, -0.2) is 25.9 Å². The molecule has 0 amide bonds. The fourth-order valence-corrected chi connectivity index (χ4v) is 1.84. The van der Waals surface area contributed by atoms with E-state index in [1.54, 1.807) is 14.2 Å². The lowest BCUT2D eigenvalue weighted by Gasteiger charge is -2.19. The van der Waals surface area contributed by atoms with Gasteiger partial charge in [-0.05, 0) is 13.0 Å². The highest BCUT2D eigenvalue weighted by Crippen LogP contribution is 2.41. The molecule has 1 atom stereocenters. The van der Waals surface area contributed by atoms with Crippen molar-refractivity contribution in [3.63, 3.8) is 0 Å². The van der Waals surface area contributed by atoms with Crippen LogP contribution in [0.1, 0.15) is 24.0 Å². The summed E-state index contributed by atoms with van der Waals surface area (Å²) >= 11 is 6.11. The second-order valence-corrected chi connectivity index (χ2v) is 4.13. The van der Waals surface area contributed by atoms with Crippen LogP contribution in [0.5, 0.6) is 11.5 Å². The Morgan fingerprint density at radius 1 is 1.31 bits per heavy atom. The van der Waals surface area contributed by atoms with Crippen molar-refractivity contribution in [3.05, 3.63) is 22.2 Å². The van der Waals surface area contributed by atoms with E-state index in [2.05, 4.69) is 0 Å². The largest absolute Gasteiger partial charge is 0.493 e. The van der Waals surface area contributed by atoms with Crippen LogP contribution < -0.4 is 9.47 Å². The molecule has 0 aliphatic heterocycles. The molecule has 16 heavy (non-hydrogen) atoms. The van der Waals surface area contributed by atoms with Gasteiger partial charge in [0.05, 0.1) is 14.2 Å². The van der Waals surface area contributed by atoms with E-state index in [0.717, 1.165) is 11.1 Å². The minimum atomic E-state index is -0.0399. The zero-order valence-corrected chi connectivity index (χ0v) is 10.8. The summed E-state index contributed by atoms with van der Waals surface area (Å²) in [7, 11) is 3.16. The number of hydrogen-bond donors (Lipinski definition) is 1. The topological polar surface area (TPSA) is 38.7 Å². The maximum Gasteiger partial charge on any atom is 0.165 e. The summed E-state index contributed by atoms with van der Waals surface area (Å²) in [5.41, 5.74) is 1.70. The second kappa shape index (κ2) is 5.41. The van der Waals surface area contributed by atoms with Gasteiger partial charge in [0.2, 0.25) is 0 Å². The SMILES string of the molecule is COc1c(C(C)CO)cc(Cl)c(C)c1OC. The number of ether oxygens (including phenoxy) is 2. The van der Waals surface area contributed by atoms with Crippen molar-refractivity contribution in [1.29, 1.82) is 0 Å². The average Bonchev–Trinajstić information content (AvgIpc) is 2.30. The quantitative estimate of drug-likeness (QED) is 0.885. The van der Waals surface area contributed by atoms with Crippen LogP contribution >= 0.6 is 11.6 Å². The third-order valence-corrected chi connectivity index (χ3v) is 3.06. The number of hydrogen-bond acceptors (Lipinski definition) is 3.